The van der Waals surface area contributed by atoms with Crippen molar-refractivity contribution in [3.63, 3.8) is 0 Å². The van der Waals surface area contributed by atoms with Crippen LogP contribution in [0.25, 0.3) is 0 Å². The summed E-state index contributed by atoms with van der Waals surface area (Å²) in [4.78, 5) is 2.46. The van der Waals surface area contributed by atoms with Gasteiger partial charge in [-0.15, -0.1) is 0 Å². The van der Waals surface area contributed by atoms with Gasteiger partial charge in [0, 0.05) is 19.2 Å². The second-order valence-corrected chi connectivity index (χ2v) is 3.96. The molecule has 0 spiro atoms. The van der Waals surface area contributed by atoms with E-state index in [0.29, 0.717) is 18.6 Å². The number of nitrogens with zero attached hydrogens (tertiary/aromatic N) is 1. The summed E-state index contributed by atoms with van der Waals surface area (Å²) in [6.45, 7) is 5.53. The first-order valence-electron chi connectivity index (χ1n) is 5.36. The predicted molar refractivity (Wildman–Crippen MR) is 54.5 cm³/mol. The molecule has 1 saturated heterocycles. The third kappa shape index (κ3) is 2.93. The Bertz CT molecular complexity index is 129. The van der Waals surface area contributed by atoms with Gasteiger partial charge in [-0.05, 0) is 38.3 Å². The Labute approximate surface area is 80.9 Å². The molecular formula is C10H22N2O. The van der Waals surface area contributed by atoms with Crippen LogP contribution >= 0.6 is 0 Å². The van der Waals surface area contributed by atoms with Crippen molar-refractivity contribution in [1.29, 1.82) is 0 Å². The first-order chi connectivity index (χ1) is 6.31. The number of likely N-dealkylation sites (tertiary alicyclic amines) is 1. The summed E-state index contributed by atoms with van der Waals surface area (Å²) in [5.41, 5.74) is 5.69. The lowest BCUT2D eigenvalue weighted by atomic mass is 9.96. The van der Waals surface area contributed by atoms with Gasteiger partial charge in [0.15, 0.2) is 0 Å². The van der Waals surface area contributed by atoms with Gasteiger partial charge < -0.3 is 10.8 Å². The zero-order valence-electron chi connectivity index (χ0n) is 8.58. The average Bonchev–Trinajstić information content (AvgIpc) is 2.21. The minimum absolute atomic E-state index is 0.354. The van der Waals surface area contributed by atoms with Crippen molar-refractivity contribution >= 4 is 0 Å². The van der Waals surface area contributed by atoms with Gasteiger partial charge in [0.05, 0.1) is 0 Å². The van der Waals surface area contributed by atoms with E-state index < -0.39 is 0 Å². The van der Waals surface area contributed by atoms with E-state index in [0.717, 1.165) is 38.9 Å². The second-order valence-electron chi connectivity index (χ2n) is 3.96. The molecule has 0 aromatic carbocycles. The molecule has 1 aliphatic heterocycles. The maximum atomic E-state index is 8.99. The lowest BCUT2D eigenvalue weighted by Crippen LogP contribution is -2.45. The molecule has 0 bridgehead atoms. The summed E-state index contributed by atoms with van der Waals surface area (Å²) < 4.78 is 0. The molecule has 0 aromatic rings. The van der Waals surface area contributed by atoms with Crippen LogP contribution in [0.1, 0.15) is 26.2 Å². The number of hydrogen-bond acceptors (Lipinski definition) is 3. The van der Waals surface area contributed by atoms with Crippen LogP contribution < -0.4 is 5.73 Å². The number of hydrogen-bond donors (Lipinski definition) is 2. The van der Waals surface area contributed by atoms with E-state index in [1.165, 1.54) is 0 Å². The topological polar surface area (TPSA) is 49.5 Å². The number of aliphatic hydroxyl groups is 1. The third-order valence-corrected chi connectivity index (χ3v) is 3.17. The van der Waals surface area contributed by atoms with Gasteiger partial charge in [-0.1, -0.05) is 6.92 Å². The third-order valence-electron chi connectivity index (χ3n) is 3.17. The van der Waals surface area contributed by atoms with E-state index in [2.05, 4.69) is 11.8 Å². The van der Waals surface area contributed by atoms with E-state index in [1.54, 1.807) is 0 Å². The molecule has 1 heterocycles. The minimum atomic E-state index is 0.354. The summed E-state index contributed by atoms with van der Waals surface area (Å²) in [5.74, 6) is 0.534. The van der Waals surface area contributed by atoms with Gasteiger partial charge in [0.2, 0.25) is 0 Å². The number of rotatable bonds is 4. The minimum Gasteiger partial charge on any atom is -0.396 e. The van der Waals surface area contributed by atoms with Crippen molar-refractivity contribution in [1.82, 2.24) is 4.90 Å². The quantitative estimate of drug-likeness (QED) is 0.669. The molecule has 0 aromatic heterocycles. The highest BCUT2D eigenvalue weighted by atomic mass is 16.3. The average molecular weight is 186 g/mol. The van der Waals surface area contributed by atoms with Crippen molar-refractivity contribution in [2.75, 3.05) is 26.2 Å². The molecule has 3 heteroatoms. The normalized spacial score (nSPS) is 23.3. The van der Waals surface area contributed by atoms with Crippen LogP contribution in [0.3, 0.4) is 0 Å². The molecule has 0 saturated carbocycles. The maximum absolute atomic E-state index is 8.99. The van der Waals surface area contributed by atoms with Crippen molar-refractivity contribution < 1.29 is 5.11 Å². The number of nitrogens with two attached hydrogens (primary N) is 1. The van der Waals surface area contributed by atoms with Crippen molar-refractivity contribution in [3.05, 3.63) is 0 Å². The van der Waals surface area contributed by atoms with Crippen molar-refractivity contribution in [2.45, 2.75) is 32.2 Å². The van der Waals surface area contributed by atoms with Crippen LogP contribution in [0.15, 0.2) is 0 Å². The van der Waals surface area contributed by atoms with Gasteiger partial charge in [-0.3, -0.25) is 4.90 Å². The standard InChI is InChI=1S/C10H22N2O/c1-2-10(7-11)12-5-3-9(8-13)4-6-12/h9-10,13H,2-8,11H2,1H3. The summed E-state index contributed by atoms with van der Waals surface area (Å²) in [5, 5.41) is 8.99. The number of aliphatic hydroxyl groups excluding tert-OH is 1. The van der Waals surface area contributed by atoms with Crippen LogP contribution in [0.2, 0.25) is 0 Å². The SMILES string of the molecule is CCC(CN)N1CCC(CO)CC1. The van der Waals surface area contributed by atoms with Crippen LogP contribution in [-0.4, -0.2) is 42.3 Å². The zero-order valence-corrected chi connectivity index (χ0v) is 8.58. The molecule has 0 radical (unpaired) electrons. The molecule has 0 amide bonds. The van der Waals surface area contributed by atoms with E-state index >= 15 is 0 Å². The fourth-order valence-electron chi connectivity index (χ4n) is 2.07. The van der Waals surface area contributed by atoms with Crippen LogP contribution in [0.5, 0.6) is 0 Å². The monoisotopic (exact) mass is 186 g/mol. The smallest absolute Gasteiger partial charge is 0.0460 e. The fraction of sp³-hybridized carbons (Fsp3) is 1.00. The molecule has 1 fully saturated rings. The van der Waals surface area contributed by atoms with Gasteiger partial charge >= 0.3 is 0 Å². The molecule has 1 rings (SSSR count). The van der Waals surface area contributed by atoms with Crippen LogP contribution in [0, 0.1) is 5.92 Å². The lowest BCUT2D eigenvalue weighted by molar-refractivity contribution is 0.101. The van der Waals surface area contributed by atoms with Gasteiger partial charge in [-0.2, -0.15) is 0 Å². The highest BCUT2D eigenvalue weighted by molar-refractivity contribution is 4.77. The van der Waals surface area contributed by atoms with E-state index in [4.69, 9.17) is 10.8 Å². The molecule has 13 heavy (non-hydrogen) atoms. The first-order valence-corrected chi connectivity index (χ1v) is 5.36. The Balaban J connectivity index is 2.30. The van der Waals surface area contributed by atoms with Crippen molar-refractivity contribution in [2.24, 2.45) is 11.7 Å². The van der Waals surface area contributed by atoms with E-state index in [-0.39, 0.29) is 0 Å². The Morgan fingerprint density at radius 1 is 1.46 bits per heavy atom. The number of piperidine rings is 1. The molecular weight excluding hydrogens is 164 g/mol. The Morgan fingerprint density at radius 3 is 2.46 bits per heavy atom. The van der Waals surface area contributed by atoms with Gasteiger partial charge in [0.25, 0.3) is 0 Å². The van der Waals surface area contributed by atoms with Gasteiger partial charge in [-0.25, -0.2) is 0 Å². The van der Waals surface area contributed by atoms with Crippen LogP contribution in [-0.2, 0) is 0 Å². The molecule has 1 aliphatic rings. The Hall–Kier alpha value is -0.120. The van der Waals surface area contributed by atoms with E-state index in [9.17, 15) is 0 Å². The highest BCUT2D eigenvalue weighted by Crippen LogP contribution is 2.18. The van der Waals surface area contributed by atoms with E-state index in [1.807, 2.05) is 0 Å². The molecule has 78 valence electrons. The van der Waals surface area contributed by atoms with Gasteiger partial charge in [0.1, 0.15) is 0 Å². The summed E-state index contributed by atoms with van der Waals surface area (Å²) in [6.07, 6.45) is 3.40. The maximum Gasteiger partial charge on any atom is 0.0460 e. The molecule has 0 aliphatic carbocycles. The Kier molecular flexibility index (Phi) is 4.70. The summed E-state index contributed by atoms with van der Waals surface area (Å²) in [6, 6.07) is 0.555. The summed E-state index contributed by atoms with van der Waals surface area (Å²) >= 11 is 0. The lowest BCUT2D eigenvalue weighted by Gasteiger charge is -2.36. The van der Waals surface area contributed by atoms with Crippen molar-refractivity contribution in [3.8, 4) is 0 Å². The second kappa shape index (κ2) is 5.58. The molecule has 1 atom stereocenters. The Morgan fingerprint density at radius 2 is 2.08 bits per heavy atom. The van der Waals surface area contributed by atoms with Crippen LogP contribution in [0.4, 0.5) is 0 Å². The molecule has 3 nitrogen and oxygen atoms in total. The predicted octanol–water partition coefficient (Wildman–Crippen LogP) is 0.428. The largest absolute Gasteiger partial charge is 0.396 e. The highest BCUT2D eigenvalue weighted by Gasteiger charge is 2.22. The molecule has 1 unspecified atom stereocenters. The fourth-order valence-corrected chi connectivity index (χ4v) is 2.07. The summed E-state index contributed by atoms with van der Waals surface area (Å²) in [7, 11) is 0. The molecule has 3 N–H and O–H groups in total. The zero-order chi connectivity index (χ0) is 9.68. The first kappa shape index (κ1) is 11.0.